The van der Waals surface area contributed by atoms with Gasteiger partial charge in [-0.1, -0.05) is 0 Å². The molecule has 0 spiro atoms. The molecule has 1 aliphatic rings. The Morgan fingerprint density at radius 3 is 2.66 bits per heavy atom. The monoisotopic (exact) mass is 491 g/mol. The Morgan fingerprint density at radius 2 is 1.91 bits per heavy atom. The van der Waals surface area contributed by atoms with Gasteiger partial charge in [0, 0.05) is 37.8 Å². The van der Waals surface area contributed by atoms with Gasteiger partial charge in [0.1, 0.15) is 12.1 Å². The zero-order valence-electron chi connectivity index (χ0n) is 19.4. The molecule has 4 heterocycles. The highest BCUT2D eigenvalue weighted by Gasteiger charge is 2.26. The Hall–Kier alpha value is -3.86. The Morgan fingerprint density at radius 1 is 1.11 bits per heavy atom. The first-order valence-electron chi connectivity index (χ1n) is 11.3. The van der Waals surface area contributed by atoms with Gasteiger partial charge in [-0.25, -0.2) is 23.1 Å². The number of hydrogen-bond acceptors (Lipinski definition) is 8. The van der Waals surface area contributed by atoms with Crippen molar-refractivity contribution in [2.24, 2.45) is 0 Å². The summed E-state index contributed by atoms with van der Waals surface area (Å²) in [4.78, 5) is 28.0. The fourth-order valence-corrected chi connectivity index (χ4v) is 4.94. The number of fused-ring (bicyclic) bond motifs is 1. The van der Waals surface area contributed by atoms with Gasteiger partial charge in [0.15, 0.2) is 15.5 Å². The van der Waals surface area contributed by atoms with Crippen LogP contribution in [0.25, 0.3) is 16.7 Å². The molecule has 3 aromatic heterocycles. The number of aryl methyl sites for hydroxylation is 1. The highest BCUT2D eigenvalue weighted by Crippen LogP contribution is 2.25. The first-order valence-corrected chi connectivity index (χ1v) is 13.2. The molecule has 1 saturated heterocycles. The number of pyridine rings is 1. The van der Waals surface area contributed by atoms with Crippen molar-refractivity contribution in [3.8, 4) is 5.69 Å². The highest BCUT2D eigenvalue weighted by atomic mass is 32.2. The molecule has 0 radical (unpaired) electrons. The molecule has 11 heteroatoms. The molecule has 35 heavy (non-hydrogen) atoms. The van der Waals surface area contributed by atoms with Gasteiger partial charge < -0.3 is 10.2 Å². The molecular formula is C24H25N7O3S. The van der Waals surface area contributed by atoms with Crippen LogP contribution in [0.2, 0.25) is 0 Å². The molecule has 1 aromatic carbocycles. The SMILES string of the molecule is Cc1cncc(C(=O)N2CCCC(Nc3ncnc4c3cnn4-c3ccc(S(C)(=O)=O)cc3)C2)c1. The maximum absolute atomic E-state index is 13.0. The fourth-order valence-electron chi connectivity index (χ4n) is 4.31. The number of nitrogens with one attached hydrogen (secondary N) is 1. The van der Waals surface area contributed by atoms with Gasteiger partial charge in [0.25, 0.3) is 5.91 Å². The molecular weight excluding hydrogens is 466 g/mol. The highest BCUT2D eigenvalue weighted by molar-refractivity contribution is 7.90. The fraction of sp³-hybridized carbons (Fsp3) is 0.292. The quantitative estimate of drug-likeness (QED) is 0.452. The summed E-state index contributed by atoms with van der Waals surface area (Å²) in [6.45, 7) is 3.18. The van der Waals surface area contributed by atoms with Crippen molar-refractivity contribution in [2.75, 3.05) is 24.7 Å². The molecule has 1 N–H and O–H groups in total. The average Bonchev–Trinajstić information content (AvgIpc) is 3.29. The smallest absolute Gasteiger partial charge is 0.255 e. The molecule has 5 rings (SSSR count). The normalized spacial score (nSPS) is 16.4. The maximum Gasteiger partial charge on any atom is 0.255 e. The van der Waals surface area contributed by atoms with Gasteiger partial charge in [-0.3, -0.25) is 9.78 Å². The minimum atomic E-state index is -3.28. The number of rotatable bonds is 5. The van der Waals surface area contributed by atoms with Gasteiger partial charge >= 0.3 is 0 Å². The summed E-state index contributed by atoms with van der Waals surface area (Å²) in [5.74, 6) is 0.622. The second-order valence-electron chi connectivity index (χ2n) is 8.77. The van der Waals surface area contributed by atoms with Crippen LogP contribution in [-0.4, -0.2) is 69.3 Å². The summed E-state index contributed by atoms with van der Waals surface area (Å²) in [6, 6.07) is 8.38. The molecule has 1 fully saturated rings. The minimum Gasteiger partial charge on any atom is -0.365 e. The first kappa shape index (κ1) is 22.9. The number of carbonyl (C=O) groups excluding carboxylic acids is 1. The average molecular weight is 492 g/mol. The van der Waals surface area contributed by atoms with E-state index in [-0.39, 0.29) is 16.8 Å². The molecule has 0 aliphatic carbocycles. The van der Waals surface area contributed by atoms with E-state index >= 15 is 0 Å². The third-order valence-electron chi connectivity index (χ3n) is 6.05. The van der Waals surface area contributed by atoms with E-state index in [1.807, 2.05) is 17.9 Å². The van der Waals surface area contributed by atoms with E-state index in [9.17, 15) is 13.2 Å². The molecule has 0 saturated carbocycles. The number of anilines is 1. The molecule has 1 amide bonds. The summed E-state index contributed by atoms with van der Waals surface area (Å²) in [7, 11) is -3.28. The lowest BCUT2D eigenvalue weighted by atomic mass is 10.0. The van der Waals surface area contributed by atoms with Crippen LogP contribution in [0.4, 0.5) is 5.82 Å². The van der Waals surface area contributed by atoms with Gasteiger partial charge in [0.2, 0.25) is 0 Å². The molecule has 180 valence electrons. The second kappa shape index (κ2) is 9.06. The Balaban J connectivity index is 1.36. The topological polar surface area (TPSA) is 123 Å². The Labute approximate surface area is 203 Å². The van der Waals surface area contributed by atoms with E-state index in [0.29, 0.717) is 35.8 Å². The number of hydrogen-bond donors (Lipinski definition) is 1. The van der Waals surface area contributed by atoms with Crippen LogP contribution in [0.3, 0.4) is 0 Å². The van der Waals surface area contributed by atoms with Crippen molar-refractivity contribution >= 4 is 32.6 Å². The van der Waals surface area contributed by atoms with Crippen molar-refractivity contribution in [3.63, 3.8) is 0 Å². The van der Waals surface area contributed by atoms with E-state index in [2.05, 4.69) is 25.4 Å². The summed E-state index contributed by atoms with van der Waals surface area (Å²) < 4.78 is 25.2. The Bertz CT molecular complexity index is 1500. The molecule has 0 bridgehead atoms. The lowest BCUT2D eigenvalue weighted by Gasteiger charge is -2.33. The Kier molecular flexibility index (Phi) is 5.93. The summed E-state index contributed by atoms with van der Waals surface area (Å²) in [5.41, 5.74) is 2.84. The summed E-state index contributed by atoms with van der Waals surface area (Å²) in [6.07, 6.45) is 9.46. The van der Waals surface area contributed by atoms with Crippen LogP contribution in [0, 0.1) is 6.92 Å². The second-order valence-corrected chi connectivity index (χ2v) is 10.8. The zero-order chi connectivity index (χ0) is 24.6. The van der Waals surface area contributed by atoms with Crippen LogP contribution in [0.15, 0.2) is 60.1 Å². The van der Waals surface area contributed by atoms with Crippen LogP contribution < -0.4 is 5.32 Å². The summed E-state index contributed by atoms with van der Waals surface area (Å²) >= 11 is 0. The van der Waals surface area contributed by atoms with E-state index in [0.717, 1.165) is 23.8 Å². The molecule has 4 aromatic rings. The molecule has 1 unspecified atom stereocenters. The predicted octanol–water partition coefficient (Wildman–Crippen LogP) is 2.64. The first-order chi connectivity index (χ1) is 16.8. The largest absolute Gasteiger partial charge is 0.365 e. The number of amides is 1. The third kappa shape index (κ3) is 4.72. The third-order valence-corrected chi connectivity index (χ3v) is 7.18. The van der Waals surface area contributed by atoms with Crippen molar-refractivity contribution in [1.82, 2.24) is 29.6 Å². The summed E-state index contributed by atoms with van der Waals surface area (Å²) in [5, 5.41) is 8.67. The molecule has 1 atom stereocenters. The number of likely N-dealkylation sites (tertiary alicyclic amines) is 1. The van der Waals surface area contributed by atoms with Crippen LogP contribution in [0.1, 0.15) is 28.8 Å². The van der Waals surface area contributed by atoms with Crippen molar-refractivity contribution in [1.29, 1.82) is 0 Å². The van der Waals surface area contributed by atoms with Crippen molar-refractivity contribution < 1.29 is 13.2 Å². The predicted molar refractivity (Wildman–Crippen MR) is 131 cm³/mol. The standard InChI is InChI=1S/C24H25N7O3S/c1-16-10-17(12-25-11-16)24(32)30-9-3-4-18(14-30)29-22-21-13-28-31(23(21)27-15-26-22)19-5-7-20(8-6-19)35(2,33)34/h5-8,10-13,15,18H,3-4,9,14H2,1-2H3,(H,26,27,29). The number of aromatic nitrogens is 5. The van der Waals surface area contributed by atoms with Crippen molar-refractivity contribution in [3.05, 3.63) is 66.4 Å². The van der Waals surface area contributed by atoms with Crippen LogP contribution >= 0.6 is 0 Å². The van der Waals surface area contributed by atoms with Gasteiger partial charge in [0.05, 0.1) is 27.7 Å². The minimum absolute atomic E-state index is 0.0223. The lowest BCUT2D eigenvalue weighted by molar-refractivity contribution is 0.0714. The van der Waals surface area contributed by atoms with Crippen LogP contribution in [-0.2, 0) is 9.84 Å². The van der Waals surface area contributed by atoms with Gasteiger partial charge in [-0.15, -0.1) is 0 Å². The number of nitrogens with zero attached hydrogens (tertiary/aromatic N) is 6. The molecule has 1 aliphatic heterocycles. The van der Waals surface area contributed by atoms with Gasteiger partial charge in [-0.2, -0.15) is 5.10 Å². The van der Waals surface area contributed by atoms with Crippen molar-refractivity contribution in [2.45, 2.75) is 30.7 Å². The van der Waals surface area contributed by atoms with E-state index in [4.69, 9.17) is 0 Å². The zero-order valence-corrected chi connectivity index (χ0v) is 20.2. The van der Waals surface area contributed by atoms with E-state index in [1.54, 1.807) is 47.5 Å². The number of carbonyl (C=O) groups is 1. The van der Waals surface area contributed by atoms with Gasteiger partial charge in [-0.05, 0) is 55.7 Å². The lowest BCUT2D eigenvalue weighted by Crippen LogP contribution is -2.45. The van der Waals surface area contributed by atoms with E-state index < -0.39 is 9.84 Å². The maximum atomic E-state index is 13.0. The molecule has 10 nitrogen and oxygen atoms in total. The number of piperidine rings is 1. The van der Waals surface area contributed by atoms with E-state index in [1.165, 1.54) is 12.6 Å². The van der Waals surface area contributed by atoms with Crippen LogP contribution in [0.5, 0.6) is 0 Å². The number of benzene rings is 1. The number of sulfone groups is 1.